The Morgan fingerprint density at radius 3 is 2.28 bits per heavy atom. The van der Waals surface area contributed by atoms with Gasteiger partial charge in [-0.3, -0.25) is 4.99 Å². The van der Waals surface area contributed by atoms with Crippen molar-refractivity contribution in [3.8, 4) is 0 Å². The van der Waals surface area contributed by atoms with E-state index in [-0.39, 0.29) is 0 Å². The summed E-state index contributed by atoms with van der Waals surface area (Å²) < 4.78 is 2.40. The molecule has 2 heteroatoms. The number of nitrogens with zero attached hydrogens (tertiary/aromatic N) is 2. The first kappa shape index (κ1) is 38.5. The van der Waals surface area contributed by atoms with Crippen molar-refractivity contribution in [3.05, 3.63) is 186 Å². The number of aliphatic imine (C=N–C) groups is 1. The van der Waals surface area contributed by atoms with Crippen LogP contribution in [0, 0.1) is 0 Å². The quantitative estimate of drug-likeness (QED) is 0.0787. The maximum Gasteiger partial charge on any atom is 0.0576 e. The summed E-state index contributed by atoms with van der Waals surface area (Å²) in [5.74, 6) is 0. The largest absolute Gasteiger partial charge is 0.309 e. The number of hydrogen-bond donors (Lipinski definition) is 0. The molecule has 1 heterocycles. The van der Waals surface area contributed by atoms with Crippen molar-refractivity contribution in [2.75, 3.05) is 6.54 Å². The number of allylic oxidation sites excluding steroid dienone is 16. The molecule has 4 aromatic carbocycles. The number of rotatable bonds is 10. The van der Waals surface area contributed by atoms with Crippen LogP contribution >= 0.6 is 0 Å². The molecule has 7 rings (SSSR count). The summed E-state index contributed by atoms with van der Waals surface area (Å²) in [6.45, 7) is 17.3. The van der Waals surface area contributed by atoms with E-state index in [0.717, 1.165) is 36.6 Å². The highest BCUT2D eigenvalue weighted by Crippen LogP contribution is 2.36. The lowest BCUT2D eigenvalue weighted by molar-refractivity contribution is 0.833. The fraction of sp³-hybridized carbons (Fsp3) is 0.196. The summed E-state index contributed by atoms with van der Waals surface area (Å²) in [5.41, 5.74) is 8.51. The molecule has 0 saturated heterocycles. The number of unbranched alkanes of at least 4 members (excludes halogenated alkanes) is 1. The highest BCUT2D eigenvalue weighted by atomic mass is 15.0. The van der Waals surface area contributed by atoms with Gasteiger partial charge in [0.25, 0.3) is 0 Å². The molecule has 268 valence electrons. The Bertz CT molecular complexity index is 2390. The molecule has 0 spiro atoms. The van der Waals surface area contributed by atoms with Gasteiger partial charge >= 0.3 is 0 Å². The number of hydrogen-bond acceptors (Lipinski definition) is 1. The normalized spacial score (nSPS) is 15.4. The van der Waals surface area contributed by atoms with Gasteiger partial charge in [-0.05, 0) is 89.2 Å². The van der Waals surface area contributed by atoms with Crippen LogP contribution in [0.3, 0.4) is 0 Å². The third kappa shape index (κ3) is 9.58. The van der Waals surface area contributed by atoms with E-state index in [1.807, 2.05) is 45.1 Å². The lowest BCUT2D eigenvalue weighted by Crippen LogP contribution is -2.24. The van der Waals surface area contributed by atoms with E-state index >= 15 is 0 Å². The highest BCUT2D eigenvalue weighted by Gasteiger charge is 2.18. The van der Waals surface area contributed by atoms with Gasteiger partial charge in [0.15, 0.2) is 0 Å². The smallest absolute Gasteiger partial charge is 0.0576 e. The van der Waals surface area contributed by atoms with Crippen LogP contribution in [0.4, 0.5) is 0 Å². The van der Waals surface area contributed by atoms with Gasteiger partial charge in [-0.25, -0.2) is 0 Å². The molecular formula is C51H54N2. The van der Waals surface area contributed by atoms with Crippen LogP contribution < -0.4 is 10.4 Å². The topological polar surface area (TPSA) is 17.3 Å². The summed E-state index contributed by atoms with van der Waals surface area (Å²) in [6, 6.07) is 23.7. The van der Waals surface area contributed by atoms with E-state index in [9.17, 15) is 0 Å². The van der Waals surface area contributed by atoms with E-state index < -0.39 is 0 Å². The summed E-state index contributed by atoms with van der Waals surface area (Å²) in [6.07, 6.45) is 37.6. The minimum absolute atomic E-state index is 0.731. The van der Waals surface area contributed by atoms with Gasteiger partial charge in [0.05, 0.1) is 17.6 Å². The molecule has 2 nitrogen and oxygen atoms in total. The first-order valence-electron chi connectivity index (χ1n) is 19.2. The van der Waals surface area contributed by atoms with Crippen LogP contribution in [-0.4, -0.2) is 16.8 Å². The second-order valence-corrected chi connectivity index (χ2v) is 13.1. The van der Waals surface area contributed by atoms with E-state index in [1.165, 1.54) is 73.2 Å². The average Bonchev–Trinajstić information content (AvgIpc) is 3.32. The van der Waals surface area contributed by atoms with Crippen LogP contribution in [0.2, 0.25) is 0 Å². The van der Waals surface area contributed by atoms with Gasteiger partial charge in [-0.2, -0.15) is 0 Å². The number of benzene rings is 4. The van der Waals surface area contributed by atoms with E-state index in [1.54, 1.807) is 0 Å². The Labute approximate surface area is 317 Å². The third-order valence-electron chi connectivity index (χ3n) is 9.24. The van der Waals surface area contributed by atoms with Crippen molar-refractivity contribution in [1.82, 2.24) is 4.57 Å². The summed E-state index contributed by atoms with van der Waals surface area (Å²) in [7, 11) is 0. The standard InChI is InChI=1S/C30H23N.C19H25N.C2H6/c1-21-24(20-19-22-11-5-4-6-12-22)26-16-10-18-28-30(26)29-25(21)15-9-17-27(29)31(28)23-13-7-2-3-8-14-23;1-4-5-15-19(18-13-9-6-10-14-18)20-16-11-7-8-12-17(2)3;1-2/h2,4-11,13-20H,1,3,12H2;6-14H,2,4-5,15-16H2,1,3H3;1-2H3/b22-19-,24-20+;11-7-,12-8-,20-19?;. The minimum Gasteiger partial charge on any atom is -0.309 e. The molecule has 0 aliphatic heterocycles. The molecule has 5 aromatic rings. The molecule has 0 fully saturated rings. The van der Waals surface area contributed by atoms with Crippen LogP contribution in [-0.2, 0) is 0 Å². The predicted octanol–water partition coefficient (Wildman–Crippen LogP) is 12.8. The van der Waals surface area contributed by atoms with Gasteiger partial charge in [0.2, 0.25) is 0 Å². The molecule has 2 aliphatic carbocycles. The van der Waals surface area contributed by atoms with Crippen molar-refractivity contribution < 1.29 is 0 Å². The lowest BCUT2D eigenvalue weighted by Gasteiger charge is -2.08. The van der Waals surface area contributed by atoms with Gasteiger partial charge < -0.3 is 4.57 Å². The summed E-state index contributed by atoms with van der Waals surface area (Å²) in [4.78, 5) is 4.72. The zero-order valence-electron chi connectivity index (χ0n) is 32.1. The Morgan fingerprint density at radius 2 is 1.57 bits per heavy atom. The average molecular weight is 695 g/mol. The van der Waals surface area contributed by atoms with Gasteiger partial charge in [-0.1, -0.05) is 180 Å². The first-order chi connectivity index (χ1) is 26.1. The SMILES string of the molecule is C=C(C)/C=C\C=C/CN=C(CCCC)c1ccccc1.C=c1/c(=C\C=C2\C=CC=CC2)c2cccc3c2c2c1cccc2n3C1=CC=CCC=C1.CC. The fourth-order valence-electron chi connectivity index (χ4n) is 6.73. The van der Waals surface area contributed by atoms with Crippen molar-refractivity contribution in [2.24, 2.45) is 4.99 Å². The number of aromatic nitrogens is 1. The molecule has 1 aromatic heterocycles. The summed E-state index contributed by atoms with van der Waals surface area (Å²) in [5, 5.41) is 7.45. The Morgan fingerprint density at radius 1 is 0.811 bits per heavy atom. The maximum atomic E-state index is 4.72. The monoisotopic (exact) mass is 694 g/mol. The Kier molecular flexibility index (Phi) is 14.4. The second-order valence-electron chi connectivity index (χ2n) is 13.1. The predicted molar refractivity (Wildman–Crippen MR) is 237 cm³/mol. The van der Waals surface area contributed by atoms with Crippen LogP contribution in [0.15, 0.2) is 175 Å². The maximum absolute atomic E-state index is 4.72. The molecule has 0 saturated carbocycles. The fourth-order valence-corrected chi connectivity index (χ4v) is 6.73. The van der Waals surface area contributed by atoms with Gasteiger partial charge in [0, 0.05) is 22.2 Å². The van der Waals surface area contributed by atoms with Crippen LogP contribution in [0.25, 0.3) is 50.9 Å². The van der Waals surface area contributed by atoms with Crippen LogP contribution in [0.5, 0.6) is 0 Å². The first-order valence-corrected chi connectivity index (χ1v) is 19.2. The molecule has 0 radical (unpaired) electrons. The van der Waals surface area contributed by atoms with E-state index in [4.69, 9.17) is 4.99 Å². The molecule has 0 atom stereocenters. The van der Waals surface area contributed by atoms with Crippen molar-refractivity contribution in [1.29, 1.82) is 0 Å². The van der Waals surface area contributed by atoms with E-state index in [0.29, 0.717) is 0 Å². The third-order valence-corrected chi connectivity index (χ3v) is 9.24. The molecule has 0 N–H and O–H groups in total. The zero-order valence-corrected chi connectivity index (χ0v) is 32.1. The molecular weight excluding hydrogens is 641 g/mol. The van der Waals surface area contributed by atoms with Crippen molar-refractivity contribution in [3.63, 3.8) is 0 Å². The highest BCUT2D eigenvalue weighted by molar-refractivity contribution is 6.25. The Balaban J connectivity index is 0.000000215. The Hall–Kier alpha value is -5.73. The second kappa shape index (κ2) is 19.8. The summed E-state index contributed by atoms with van der Waals surface area (Å²) >= 11 is 0. The lowest BCUT2D eigenvalue weighted by atomic mass is 9.97. The van der Waals surface area contributed by atoms with Crippen LogP contribution in [0.1, 0.15) is 65.4 Å². The molecule has 0 bridgehead atoms. The van der Waals surface area contributed by atoms with Gasteiger partial charge in [-0.15, -0.1) is 0 Å². The molecule has 0 unspecified atom stereocenters. The minimum atomic E-state index is 0.731. The molecule has 53 heavy (non-hydrogen) atoms. The molecule has 2 aliphatic rings. The van der Waals surface area contributed by atoms with Gasteiger partial charge in [0.1, 0.15) is 0 Å². The van der Waals surface area contributed by atoms with E-state index in [2.05, 4.69) is 158 Å². The zero-order chi connectivity index (χ0) is 37.4. The van der Waals surface area contributed by atoms with Crippen molar-refractivity contribution >= 4 is 56.6 Å². The van der Waals surface area contributed by atoms with Crippen molar-refractivity contribution in [2.45, 2.75) is 59.8 Å². The molecule has 0 amide bonds.